The van der Waals surface area contributed by atoms with E-state index in [1.807, 2.05) is 0 Å². The maximum Gasteiger partial charge on any atom is 0.189 e. The molecule has 9 rings (SSSR count). The van der Waals surface area contributed by atoms with Crippen LogP contribution in [0.5, 0.6) is 0 Å². The second-order valence-electron chi connectivity index (χ2n) is 25.5. The van der Waals surface area contributed by atoms with Crippen molar-refractivity contribution >= 4 is 0 Å². The van der Waals surface area contributed by atoms with Crippen LogP contribution in [0.4, 0.5) is 0 Å². The van der Waals surface area contributed by atoms with Crippen LogP contribution in [0.3, 0.4) is 0 Å². The van der Waals surface area contributed by atoms with Crippen molar-refractivity contribution < 1.29 is 202 Å². The monoisotopic (exact) mass is 1420 g/mol. The molecule has 45 atom stereocenters. The van der Waals surface area contributed by atoms with Crippen LogP contribution in [-0.4, -0.2) is 429 Å². The molecule has 0 unspecified atom stereocenters. The number of hydrogen-bond donors (Lipinski definition) is 22. The van der Waals surface area contributed by atoms with E-state index in [1.54, 1.807) is 0 Å². The largest absolute Gasteiger partial charge is 0.394 e. The first-order valence-electron chi connectivity index (χ1n) is 31.7. The quantitative estimate of drug-likeness (QED) is 0.0479. The van der Waals surface area contributed by atoms with Crippen molar-refractivity contribution in [2.75, 3.05) is 40.6 Å². The molecule has 0 amide bonds. The van der Waals surface area contributed by atoms with Gasteiger partial charge in [-0.1, -0.05) is 0 Å². The minimum atomic E-state index is -2.19. The summed E-state index contributed by atoms with van der Waals surface area (Å²) in [7, 11) is 2.31. The van der Waals surface area contributed by atoms with Gasteiger partial charge in [0.25, 0.3) is 0 Å². The molecule has 9 aliphatic heterocycles. The van der Waals surface area contributed by atoms with Gasteiger partial charge in [-0.3, -0.25) is 0 Å². The van der Waals surface area contributed by atoms with Crippen molar-refractivity contribution in [1.29, 1.82) is 0 Å². The first kappa shape index (κ1) is 79.5. The average Bonchev–Trinajstić information content (AvgIpc) is 0.780. The fourth-order valence-electron chi connectivity index (χ4n) is 13.0. The normalized spacial score (nSPS) is 55.0. The molecule has 0 aliphatic carbocycles. The van der Waals surface area contributed by atoms with E-state index in [1.165, 1.54) is 34.6 Å². The van der Waals surface area contributed by atoms with E-state index >= 15 is 0 Å². The topological polar surface area (TPSA) is 620 Å². The summed E-state index contributed by atoms with van der Waals surface area (Å²) < 4.78 is 113. The minimum Gasteiger partial charge on any atom is -0.394 e. The Morgan fingerprint density at radius 3 is 0.773 bits per heavy atom. The molecule has 9 fully saturated rings. The molecule has 0 spiro atoms. The molecule has 22 N–H and O–H groups in total. The lowest BCUT2D eigenvalue weighted by Crippen LogP contribution is -2.68. The van der Waals surface area contributed by atoms with Gasteiger partial charge in [-0.25, -0.2) is 0 Å². The Bertz CT molecular complexity index is 2400. The third kappa shape index (κ3) is 16.3. The van der Waals surface area contributed by atoms with Crippen molar-refractivity contribution in [1.82, 2.24) is 0 Å². The van der Waals surface area contributed by atoms with Crippen LogP contribution in [0.1, 0.15) is 34.6 Å². The molecular weight excluding hydrogens is 1330 g/mol. The molecule has 41 heteroatoms. The molecule has 41 nitrogen and oxygen atoms in total. The van der Waals surface area contributed by atoms with Crippen molar-refractivity contribution in [3.8, 4) is 0 Å². The Kier molecular flexibility index (Phi) is 27.6. The van der Waals surface area contributed by atoms with Crippen LogP contribution in [0.25, 0.3) is 0 Å². The number of aliphatic hydroxyl groups excluding tert-OH is 22. The lowest BCUT2D eigenvalue weighted by molar-refractivity contribution is -0.417. The maximum atomic E-state index is 12.0. The van der Waals surface area contributed by atoms with Gasteiger partial charge in [0.2, 0.25) is 0 Å². The Balaban J connectivity index is 0.958. The molecule has 0 bridgehead atoms. The van der Waals surface area contributed by atoms with E-state index in [2.05, 4.69) is 0 Å². The summed E-state index contributed by atoms with van der Waals surface area (Å²) in [5, 5.41) is 242. The number of ether oxygens (including phenoxy) is 19. The van der Waals surface area contributed by atoms with Crippen LogP contribution in [0.15, 0.2) is 0 Å². The molecular formula is C56H96O41. The molecule has 97 heavy (non-hydrogen) atoms. The summed E-state index contributed by atoms with van der Waals surface area (Å²) in [5.74, 6) is 0. The number of methoxy groups -OCH3 is 2. The first-order valence-corrected chi connectivity index (χ1v) is 31.7. The molecule has 0 aromatic heterocycles. The predicted octanol–water partition coefficient (Wildman–Crippen LogP) is -14.2. The van der Waals surface area contributed by atoms with Gasteiger partial charge in [-0.2, -0.15) is 0 Å². The molecule has 9 saturated heterocycles. The Hall–Kier alpha value is -1.64. The summed E-state index contributed by atoms with van der Waals surface area (Å²) in [4.78, 5) is 0. The van der Waals surface area contributed by atoms with Crippen LogP contribution in [-0.2, 0) is 90.0 Å². The molecule has 0 radical (unpaired) electrons. The van der Waals surface area contributed by atoms with E-state index in [-0.39, 0.29) is 0 Å². The molecule has 566 valence electrons. The average molecular weight is 1430 g/mol. The second kappa shape index (κ2) is 33.6. The fraction of sp³-hybridized carbons (Fsp3) is 1.00. The van der Waals surface area contributed by atoms with Crippen LogP contribution >= 0.6 is 0 Å². The zero-order valence-electron chi connectivity index (χ0n) is 53.4. The van der Waals surface area contributed by atoms with Gasteiger partial charge in [0.05, 0.1) is 56.9 Å². The van der Waals surface area contributed by atoms with Gasteiger partial charge >= 0.3 is 0 Å². The summed E-state index contributed by atoms with van der Waals surface area (Å²) in [6, 6.07) is 0. The highest BCUT2D eigenvalue weighted by Crippen LogP contribution is 2.41. The van der Waals surface area contributed by atoms with Crippen molar-refractivity contribution in [3.05, 3.63) is 0 Å². The Labute approximate surface area is 552 Å². The van der Waals surface area contributed by atoms with Gasteiger partial charge in [0.1, 0.15) is 189 Å². The minimum absolute atomic E-state index is 0.863. The van der Waals surface area contributed by atoms with Gasteiger partial charge < -0.3 is 202 Å². The number of hydrogen-bond acceptors (Lipinski definition) is 41. The van der Waals surface area contributed by atoms with Crippen LogP contribution in [0.2, 0.25) is 0 Å². The third-order valence-corrected chi connectivity index (χ3v) is 19.1. The van der Waals surface area contributed by atoms with Gasteiger partial charge in [0, 0.05) is 14.2 Å². The first-order chi connectivity index (χ1) is 45.9. The lowest BCUT2D eigenvalue weighted by Gasteiger charge is -2.51. The Morgan fingerprint density at radius 2 is 0.423 bits per heavy atom. The van der Waals surface area contributed by atoms with Crippen LogP contribution < -0.4 is 0 Å². The van der Waals surface area contributed by atoms with Crippen molar-refractivity contribution in [2.45, 2.75) is 311 Å². The van der Waals surface area contributed by atoms with Gasteiger partial charge in [0.15, 0.2) is 56.6 Å². The van der Waals surface area contributed by atoms with Crippen LogP contribution in [0, 0.1) is 0 Å². The van der Waals surface area contributed by atoms with E-state index < -0.39 is 303 Å². The smallest absolute Gasteiger partial charge is 0.189 e. The maximum absolute atomic E-state index is 12.0. The van der Waals surface area contributed by atoms with E-state index in [0.717, 1.165) is 14.2 Å². The highest BCUT2D eigenvalue weighted by molar-refractivity contribution is 5.02. The number of aliphatic hydroxyl groups is 22. The molecule has 0 saturated carbocycles. The van der Waals surface area contributed by atoms with E-state index in [0.29, 0.717) is 0 Å². The third-order valence-electron chi connectivity index (χ3n) is 19.1. The highest BCUT2D eigenvalue weighted by Gasteiger charge is 2.61. The van der Waals surface area contributed by atoms with Gasteiger partial charge in [-0.15, -0.1) is 0 Å². The van der Waals surface area contributed by atoms with E-state index in [9.17, 15) is 112 Å². The van der Waals surface area contributed by atoms with Gasteiger partial charge in [-0.05, 0) is 34.6 Å². The predicted molar refractivity (Wildman–Crippen MR) is 300 cm³/mol. The van der Waals surface area contributed by atoms with E-state index in [4.69, 9.17) is 90.0 Å². The molecule has 9 aliphatic rings. The Morgan fingerprint density at radius 1 is 0.196 bits per heavy atom. The van der Waals surface area contributed by atoms with Crippen molar-refractivity contribution in [2.24, 2.45) is 0 Å². The standard InChI is InChI=1S/C56H96O41/c1-12-22(62)33(73)45(53(82-12)92-39-23(63)14(3)81-50(36(39)76)91-41-29(69)20(11-60)89-52(38(41)78)97-49-35(75)31(71)27(67)18(9-58)87-49)94-55-46(42(79-6)24(64)15(4)84-55)96-56-47(43(80-7)25(65)16(5)85-56)95-54-44(32(72)21(61)13(2)83-54)93-51-37(77)40(28(68)19(10-59)88-51)90-48-34(74)30(70)26(66)17(8-57)86-48/h12-78H,8-11H2,1-7H3/t12-,13-,14-,15-,16-,17+,18+,19+,20+,21-,22-,23-,24-,25-,26+,27+,28+,29+,30-,31-,32+,33+,34-,35+,36+,37-,38+,39+,40-,41-,42+,43+,44+,45+,46+,47+,48+,49+,50-,51+,52+,53-,54-,55-,56-/m0/s1. The number of rotatable bonds is 22. The SMILES string of the molecule is CO[C@@H]1[C@@H](O)[C@H](C)O[C@@H](O[C@H]2[C@H](O[C@H]3[C@H](O[C@@H]4[C@@H](O)[C@H](C)O[C@@H](O[C@@H]5[C@@H](O)[C@@H](O[C@H]6O[C@H](CO)[C@@H](O)[C@H](O)[C@H]6O)O[C@H](CO)[C@H]5O)[C@@H]4O)O[C@@H](C)[C@H](O)[C@H]3O)O[C@@H](C)[C@H](O)[C@H]2OC)[C@@H]1O[C@@H]1O[C@@H](C)[C@H](O)[C@@H](O)[C@H]1O[C@H]1O[C@H](CO)[C@@H](O)[C@H](O[C@H]2O[C@H](CO)[C@@H](O)[C@H](O)[C@@H]2O)[C@@H]1O. The zero-order valence-corrected chi connectivity index (χ0v) is 53.4. The molecule has 0 aromatic carbocycles. The summed E-state index contributed by atoms with van der Waals surface area (Å²) in [6.07, 6.45) is -81.6. The lowest BCUT2D eigenvalue weighted by atomic mass is 9.95. The second-order valence-corrected chi connectivity index (χ2v) is 25.5. The summed E-state index contributed by atoms with van der Waals surface area (Å²) in [5.41, 5.74) is 0. The molecule has 9 heterocycles. The fourth-order valence-corrected chi connectivity index (χ4v) is 13.0. The molecule has 0 aromatic rings. The highest BCUT2D eigenvalue weighted by atomic mass is 16.8. The zero-order chi connectivity index (χ0) is 71.2. The summed E-state index contributed by atoms with van der Waals surface area (Å²) in [6.45, 7) is 3.01. The van der Waals surface area contributed by atoms with Crippen molar-refractivity contribution in [3.63, 3.8) is 0 Å². The summed E-state index contributed by atoms with van der Waals surface area (Å²) >= 11 is 0.